The van der Waals surface area contributed by atoms with Crippen LogP contribution in [0.1, 0.15) is 11.1 Å². The van der Waals surface area contributed by atoms with Crippen LogP contribution in [0.15, 0.2) is 87.8 Å². The molecule has 1 aliphatic rings. The zero-order chi connectivity index (χ0) is 27.2. The van der Waals surface area contributed by atoms with E-state index in [0.717, 1.165) is 14.9 Å². The highest BCUT2D eigenvalue weighted by Crippen LogP contribution is 2.37. The van der Waals surface area contributed by atoms with Crippen LogP contribution in [0.4, 0.5) is 10.5 Å². The van der Waals surface area contributed by atoms with Crippen molar-refractivity contribution in [2.24, 2.45) is 0 Å². The number of methoxy groups -OCH3 is 1. The van der Waals surface area contributed by atoms with Crippen molar-refractivity contribution in [3.63, 3.8) is 0 Å². The minimum absolute atomic E-state index is 0.214. The van der Waals surface area contributed by atoms with Gasteiger partial charge in [-0.05, 0) is 81.7 Å². The van der Waals surface area contributed by atoms with E-state index in [4.69, 9.17) is 14.2 Å². The van der Waals surface area contributed by atoms with Gasteiger partial charge in [0.1, 0.15) is 24.5 Å². The Kier molecular flexibility index (Phi) is 8.65. The van der Waals surface area contributed by atoms with Gasteiger partial charge in [0.05, 0.1) is 17.3 Å². The summed E-state index contributed by atoms with van der Waals surface area (Å²) < 4.78 is 18.3. The topological polar surface area (TPSA) is 94.2 Å². The molecule has 3 aromatic carbocycles. The van der Waals surface area contributed by atoms with Crippen LogP contribution in [0.2, 0.25) is 0 Å². The van der Waals surface area contributed by atoms with Gasteiger partial charge in [0.2, 0.25) is 0 Å². The van der Waals surface area contributed by atoms with Crippen molar-refractivity contribution < 1.29 is 28.6 Å². The Morgan fingerprint density at radius 2 is 1.68 bits per heavy atom. The normalized spacial score (nSPS) is 14.3. The summed E-state index contributed by atoms with van der Waals surface area (Å²) in [4.78, 5) is 39.4. The number of hydrogen-bond acceptors (Lipinski definition) is 6. The van der Waals surface area contributed by atoms with Gasteiger partial charge >= 0.3 is 6.03 Å². The number of barbiturate groups is 1. The van der Waals surface area contributed by atoms with Crippen LogP contribution in [0.3, 0.4) is 0 Å². The Morgan fingerprint density at radius 3 is 2.34 bits per heavy atom. The van der Waals surface area contributed by atoms with E-state index in [2.05, 4.69) is 43.8 Å². The Labute approximate surface area is 236 Å². The maximum absolute atomic E-state index is 13.3. The first kappa shape index (κ1) is 27.2. The van der Waals surface area contributed by atoms with Crippen molar-refractivity contribution in [2.45, 2.75) is 6.61 Å². The number of ether oxygens (including phenoxy) is 3. The first-order chi connectivity index (χ1) is 18.3. The lowest BCUT2D eigenvalue weighted by Crippen LogP contribution is -2.54. The van der Waals surface area contributed by atoms with E-state index < -0.39 is 17.8 Å². The second-order valence-electron chi connectivity index (χ2n) is 8.00. The number of amides is 4. The van der Waals surface area contributed by atoms with Crippen molar-refractivity contribution in [1.29, 1.82) is 0 Å². The average molecular weight is 642 g/mol. The zero-order valence-electron chi connectivity index (χ0n) is 20.2. The number of imide groups is 2. The molecular weight excluding hydrogens is 620 g/mol. The Balaban J connectivity index is 1.55. The molecule has 194 valence electrons. The fourth-order valence-electron chi connectivity index (χ4n) is 3.60. The number of nitrogens with one attached hydrogen (secondary N) is 1. The summed E-state index contributed by atoms with van der Waals surface area (Å²) in [5.74, 6) is -0.155. The third kappa shape index (κ3) is 6.15. The molecule has 4 amide bonds. The number of hydrogen-bond donors (Lipinski definition) is 1. The predicted molar refractivity (Wildman–Crippen MR) is 150 cm³/mol. The molecule has 8 nitrogen and oxygen atoms in total. The summed E-state index contributed by atoms with van der Waals surface area (Å²) in [7, 11) is 1.48. The molecule has 0 atom stereocenters. The highest BCUT2D eigenvalue weighted by molar-refractivity contribution is 9.10. The van der Waals surface area contributed by atoms with Crippen molar-refractivity contribution in [3.05, 3.63) is 99.0 Å². The highest BCUT2D eigenvalue weighted by atomic mass is 79.9. The van der Waals surface area contributed by atoms with Crippen molar-refractivity contribution >= 4 is 61.5 Å². The fourth-order valence-corrected chi connectivity index (χ4v) is 4.44. The number of rotatable bonds is 9. The maximum atomic E-state index is 13.3. The molecule has 0 saturated carbocycles. The molecule has 1 fully saturated rings. The van der Waals surface area contributed by atoms with Gasteiger partial charge in [0.15, 0.2) is 11.5 Å². The number of nitrogens with zero attached hydrogens (tertiary/aromatic N) is 1. The molecule has 0 aliphatic carbocycles. The summed E-state index contributed by atoms with van der Waals surface area (Å²) in [6.45, 7) is 4.25. The first-order valence-corrected chi connectivity index (χ1v) is 12.9. The van der Waals surface area contributed by atoms with Crippen molar-refractivity contribution in [1.82, 2.24) is 5.32 Å². The van der Waals surface area contributed by atoms with Crippen molar-refractivity contribution in [3.8, 4) is 17.2 Å². The molecule has 10 heteroatoms. The quantitative estimate of drug-likeness (QED) is 0.174. The number of benzene rings is 3. The van der Waals surface area contributed by atoms with E-state index in [0.29, 0.717) is 33.9 Å². The predicted octanol–water partition coefficient (Wildman–Crippen LogP) is 6.03. The van der Waals surface area contributed by atoms with Gasteiger partial charge in [-0.3, -0.25) is 14.9 Å². The van der Waals surface area contributed by atoms with Gasteiger partial charge in [-0.2, -0.15) is 0 Å². The second-order valence-corrected chi connectivity index (χ2v) is 9.77. The zero-order valence-corrected chi connectivity index (χ0v) is 23.4. The number of carbonyl (C=O) groups is 3. The molecule has 0 radical (unpaired) electrons. The van der Waals surface area contributed by atoms with E-state index in [1.165, 1.54) is 13.2 Å². The van der Waals surface area contributed by atoms with Crippen LogP contribution in [-0.2, 0) is 16.2 Å². The lowest BCUT2D eigenvalue weighted by atomic mass is 10.1. The lowest BCUT2D eigenvalue weighted by Gasteiger charge is -2.26. The smallest absolute Gasteiger partial charge is 0.335 e. The molecule has 0 unspecified atom stereocenters. The summed E-state index contributed by atoms with van der Waals surface area (Å²) >= 11 is 6.82. The standard InChI is InChI=1S/C28H22Br2N2O6/c1-3-12-37-25-23(30)14-18(15-24(25)36-2)13-22-26(33)31-28(35)32(27(22)34)20-8-10-21(11-9-20)38-16-17-4-6-19(29)7-5-17/h3-11,13-15H,1,12,16H2,2H3,(H,31,33,35)/b22-13+. The average Bonchev–Trinajstić information content (AvgIpc) is 2.90. The van der Waals surface area contributed by atoms with E-state index in [9.17, 15) is 14.4 Å². The fraction of sp³-hybridized carbons (Fsp3) is 0.107. The minimum atomic E-state index is -0.840. The number of anilines is 1. The highest BCUT2D eigenvalue weighted by Gasteiger charge is 2.37. The number of halogens is 2. The Hall–Kier alpha value is -3.89. The molecule has 0 bridgehead atoms. The molecule has 4 rings (SSSR count). The van der Waals surface area contributed by atoms with Gasteiger partial charge in [-0.1, -0.05) is 40.7 Å². The van der Waals surface area contributed by atoms with Gasteiger partial charge in [0.25, 0.3) is 11.8 Å². The van der Waals surface area contributed by atoms with Gasteiger partial charge in [-0.15, -0.1) is 0 Å². The Morgan fingerprint density at radius 1 is 0.974 bits per heavy atom. The molecule has 38 heavy (non-hydrogen) atoms. The molecule has 3 aromatic rings. The molecule has 0 aromatic heterocycles. The van der Waals surface area contributed by atoms with Crippen LogP contribution >= 0.6 is 31.9 Å². The molecule has 1 saturated heterocycles. The summed E-state index contributed by atoms with van der Waals surface area (Å²) in [5, 5.41) is 2.22. The van der Waals surface area contributed by atoms with E-state index in [-0.39, 0.29) is 17.9 Å². The Bertz CT molecular complexity index is 1420. The maximum Gasteiger partial charge on any atom is 0.335 e. The molecule has 1 heterocycles. The van der Waals surface area contributed by atoms with Gasteiger partial charge in [-0.25, -0.2) is 9.69 Å². The number of urea groups is 1. The lowest BCUT2D eigenvalue weighted by molar-refractivity contribution is -0.122. The molecular formula is C28H22Br2N2O6. The largest absolute Gasteiger partial charge is 0.493 e. The molecule has 1 N–H and O–H groups in total. The first-order valence-electron chi connectivity index (χ1n) is 11.3. The van der Waals surface area contributed by atoms with Crippen LogP contribution in [-0.4, -0.2) is 31.6 Å². The van der Waals surface area contributed by atoms with Gasteiger partial charge < -0.3 is 14.2 Å². The molecule has 1 aliphatic heterocycles. The summed E-state index contributed by atoms with van der Waals surface area (Å²) in [6, 6.07) is 16.6. The summed E-state index contributed by atoms with van der Waals surface area (Å²) in [6.07, 6.45) is 2.98. The van der Waals surface area contributed by atoms with E-state index in [1.807, 2.05) is 24.3 Å². The van der Waals surface area contributed by atoms with E-state index >= 15 is 0 Å². The third-order valence-electron chi connectivity index (χ3n) is 5.42. The number of carbonyl (C=O) groups excluding carboxylic acids is 3. The minimum Gasteiger partial charge on any atom is -0.493 e. The van der Waals surface area contributed by atoms with Gasteiger partial charge in [0, 0.05) is 4.47 Å². The third-order valence-corrected chi connectivity index (χ3v) is 6.54. The van der Waals surface area contributed by atoms with Crippen molar-refractivity contribution in [2.75, 3.05) is 18.6 Å². The van der Waals surface area contributed by atoms with Crippen LogP contribution in [0.25, 0.3) is 6.08 Å². The second kappa shape index (κ2) is 12.1. The van der Waals surface area contributed by atoms with E-state index in [1.54, 1.807) is 42.5 Å². The van der Waals surface area contributed by atoms with Crippen LogP contribution < -0.4 is 24.4 Å². The summed E-state index contributed by atoms with van der Waals surface area (Å²) in [5.41, 5.74) is 1.55. The monoisotopic (exact) mass is 640 g/mol. The SMILES string of the molecule is C=CCOc1c(Br)cc(/C=C2\C(=O)NC(=O)N(c3ccc(OCc4ccc(Br)cc4)cc3)C2=O)cc1OC. The van der Waals surface area contributed by atoms with Crippen LogP contribution in [0, 0.1) is 0 Å². The van der Waals surface area contributed by atoms with Crippen LogP contribution in [0.5, 0.6) is 17.2 Å². The molecule has 0 spiro atoms.